The van der Waals surface area contributed by atoms with Crippen molar-refractivity contribution in [3.05, 3.63) is 64.3 Å². The van der Waals surface area contributed by atoms with E-state index in [2.05, 4.69) is 10.3 Å². The summed E-state index contributed by atoms with van der Waals surface area (Å²) in [5.41, 5.74) is 0.187. The average Bonchev–Trinajstić information content (AvgIpc) is 3.26. The first-order valence-electron chi connectivity index (χ1n) is 9.19. The molecule has 11 nitrogen and oxygen atoms in total. The zero-order valence-corrected chi connectivity index (χ0v) is 18.9. The van der Waals surface area contributed by atoms with Crippen LogP contribution in [0.3, 0.4) is 0 Å². The summed E-state index contributed by atoms with van der Waals surface area (Å²) in [5, 5.41) is 13.2. The molecular formula is C20H17N3O8S2. The Hall–Kier alpha value is -3.84. The number of benzene rings is 2. The van der Waals surface area contributed by atoms with Crippen molar-refractivity contribution in [1.82, 2.24) is 4.98 Å². The highest BCUT2D eigenvalue weighted by Gasteiger charge is 2.22. The second-order valence-corrected chi connectivity index (χ2v) is 9.70. The van der Waals surface area contributed by atoms with Gasteiger partial charge in [0.05, 0.1) is 23.1 Å². The van der Waals surface area contributed by atoms with Crippen LogP contribution in [-0.2, 0) is 14.6 Å². The van der Waals surface area contributed by atoms with Crippen LogP contribution in [0.1, 0.15) is 17.3 Å². The molecule has 3 aromatic rings. The minimum absolute atomic E-state index is 0.0305. The number of ketones is 1. The summed E-state index contributed by atoms with van der Waals surface area (Å²) >= 11 is 0.725. The van der Waals surface area contributed by atoms with E-state index in [-0.39, 0.29) is 37.2 Å². The highest BCUT2D eigenvalue weighted by atomic mass is 32.2. The largest absolute Gasteiger partial charge is 0.493 e. The molecule has 1 amide bonds. The van der Waals surface area contributed by atoms with Gasteiger partial charge in [-0.3, -0.25) is 25.0 Å². The number of Topliss-reactive ketones (excluding diaryl/α,β-unsaturated/α-hetero) is 1. The molecule has 13 heteroatoms. The maximum Gasteiger partial charge on any atom is 0.269 e. The number of thiazole rings is 1. The lowest BCUT2D eigenvalue weighted by molar-refractivity contribution is -0.384. The second kappa shape index (κ2) is 9.75. The first-order valence-corrected chi connectivity index (χ1v) is 11.5. The third kappa shape index (κ3) is 5.51. The molecule has 3 rings (SSSR count). The molecule has 0 saturated carbocycles. The number of non-ortho nitro benzene ring substituents is 1. The Morgan fingerprint density at radius 1 is 1.15 bits per heavy atom. The molecule has 0 fully saturated rings. The molecule has 0 unspecified atom stereocenters. The number of rotatable bonds is 9. The van der Waals surface area contributed by atoms with E-state index in [0.29, 0.717) is 5.56 Å². The summed E-state index contributed by atoms with van der Waals surface area (Å²) in [6.45, 7) is 0.993. The second-order valence-electron chi connectivity index (χ2n) is 6.50. The van der Waals surface area contributed by atoms with Gasteiger partial charge in [-0.25, -0.2) is 13.4 Å². The van der Waals surface area contributed by atoms with Crippen molar-refractivity contribution in [1.29, 1.82) is 0 Å². The number of sulfone groups is 1. The third-order valence-corrected chi connectivity index (χ3v) is 7.43. The monoisotopic (exact) mass is 491 g/mol. The maximum atomic E-state index is 12.7. The Balaban J connectivity index is 1.66. The van der Waals surface area contributed by atoms with Gasteiger partial charge in [0.2, 0.25) is 9.84 Å². The Labute approximate surface area is 192 Å². The molecule has 33 heavy (non-hydrogen) atoms. The third-order valence-electron chi connectivity index (χ3n) is 4.28. The lowest BCUT2D eigenvalue weighted by atomic mass is 10.1. The highest BCUT2D eigenvalue weighted by Crippen LogP contribution is 2.30. The van der Waals surface area contributed by atoms with Crippen LogP contribution in [0, 0.1) is 10.1 Å². The molecule has 172 valence electrons. The van der Waals surface area contributed by atoms with Crippen molar-refractivity contribution in [2.75, 3.05) is 19.0 Å². The van der Waals surface area contributed by atoms with Gasteiger partial charge >= 0.3 is 0 Å². The van der Waals surface area contributed by atoms with Crippen LogP contribution in [0.4, 0.5) is 10.8 Å². The number of ether oxygens (including phenoxy) is 2. The van der Waals surface area contributed by atoms with Gasteiger partial charge < -0.3 is 9.47 Å². The summed E-state index contributed by atoms with van der Waals surface area (Å²) in [4.78, 5) is 37.5. The topological polar surface area (TPSA) is 155 Å². The van der Waals surface area contributed by atoms with Crippen molar-refractivity contribution in [2.24, 2.45) is 0 Å². The minimum atomic E-state index is -3.97. The van der Waals surface area contributed by atoms with Crippen molar-refractivity contribution in [3.8, 4) is 11.5 Å². The van der Waals surface area contributed by atoms with E-state index in [1.54, 1.807) is 0 Å². The molecule has 0 bridgehead atoms. The molecule has 0 aliphatic rings. The summed E-state index contributed by atoms with van der Waals surface area (Å²) in [7, 11) is -2.57. The van der Waals surface area contributed by atoms with Gasteiger partial charge in [-0.05, 0) is 37.3 Å². The number of carbonyl (C=O) groups excluding carboxylic acids is 2. The van der Waals surface area contributed by atoms with Gasteiger partial charge in [-0.2, -0.15) is 0 Å². The van der Waals surface area contributed by atoms with Crippen molar-refractivity contribution >= 4 is 43.7 Å². The van der Waals surface area contributed by atoms with E-state index in [0.717, 1.165) is 41.8 Å². The summed E-state index contributed by atoms with van der Waals surface area (Å²) in [6, 6.07) is 8.96. The van der Waals surface area contributed by atoms with Crippen LogP contribution in [0.25, 0.3) is 0 Å². The maximum absolute atomic E-state index is 12.7. The number of hydrogen-bond donors (Lipinski definition) is 1. The molecule has 0 spiro atoms. The van der Waals surface area contributed by atoms with E-state index in [4.69, 9.17) is 9.47 Å². The fourth-order valence-electron chi connectivity index (χ4n) is 2.61. The summed E-state index contributed by atoms with van der Waals surface area (Å²) in [5.74, 6) is -0.221. The van der Waals surface area contributed by atoms with Crippen LogP contribution in [0.5, 0.6) is 11.5 Å². The Morgan fingerprint density at radius 3 is 2.45 bits per heavy atom. The first kappa shape index (κ1) is 23.8. The Bertz CT molecular complexity index is 1320. The number of nitro benzene ring substituents is 1. The van der Waals surface area contributed by atoms with Crippen molar-refractivity contribution in [2.45, 2.75) is 16.0 Å². The normalized spacial score (nSPS) is 11.0. The van der Waals surface area contributed by atoms with Gasteiger partial charge in [0.15, 0.2) is 29.0 Å². The first-order chi connectivity index (χ1) is 15.6. The van der Waals surface area contributed by atoms with Gasteiger partial charge in [-0.1, -0.05) is 11.3 Å². The predicted octanol–water partition coefficient (Wildman–Crippen LogP) is 3.11. The number of nitrogens with one attached hydrogen (secondary N) is 1. The average molecular weight is 492 g/mol. The molecule has 2 aromatic carbocycles. The number of methoxy groups -OCH3 is 1. The molecule has 0 saturated heterocycles. The summed E-state index contributed by atoms with van der Waals surface area (Å²) in [6.07, 6.45) is 1.08. The van der Waals surface area contributed by atoms with E-state index in [9.17, 15) is 28.1 Å². The zero-order chi connectivity index (χ0) is 24.2. The van der Waals surface area contributed by atoms with Crippen LogP contribution in [0.15, 0.2) is 57.8 Å². The number of nitrogens with zero attached hydrogens (tertiary/aromatic N) is 2. The zero-order valence-electron chi connectivity index (χ0n) is 17.3. The van der Waals surface area contributed by atoms with E-state index in [1.807, 2.05) is 0 Å². The van der Waals surface area contributed by atoms with E-state index in [1.165, 1.54) is 32.2 Å². The number of nitro groups is 1. The van der Waals surface area contributed by atoms with E-state index < -0.39 is 27.3 Å². The highest BCUT2D eigenvalue weighted by molar-refractivity contribution is 7.93. The minimum Gasteiger partial charge on any atom is -0.493 e. The molecular weight excluding hydrogens is 474 g/mol. The number of aromatic nitrogens is 1. The van der Waals surface area contributed by atoms with Crippen LogP contribution >= 0.6 is 11.3 Å². The fraction of sp³-hybridized carbons (Fsp3) is 0.150. The lowest BCUT2D eigenvalue weighted by Gasteiger charge is -2.11. The lowest BCUT2D eigenvalue weighted by Crippen LogP contribution is -2.20. The fourth-order valence-corrected chi connectivity index (χ4v) is 5.06. The van der Waals surface area contributed by atoms with E-state index >= 15 is 0 Å². The number of anilines is 1. The standard InChI is InChI=1S/C20H17N3O8S2/c1-12(24)13-3-8-16(17(9-13)30-2)31-11-18(25)22-20-21-10-19(32-20)33(28,29)15-6-4-14(5-7-15)23(26)27/h3-10H,11H2,1-2H3,(H,21,22,25). The van der Waals surface area contributed by atoms with Crippen molar-refractivity contribution < 1.29 is 32.4 Å². The van der Waals surface area contributed by atoms with Gasteiger partial charge in [0.1, 0.15) is 4.21 Å². The quantitative estimate of drug-likeness (QED) is 0.270. The van der Waals surface area contributed by atoms with Crippen molar-refractivity contribution in [3.63, 3.8) is 0 Å². The Kier molecular flexibility index (Phi) is 7.04. The molecule has 0 atom stereocenters. The number of hydrogen-bond acceptors (Lipinski definition) is 10. The number of amides is 1. The molecule has 0 radical (unpaired) electrons. The van der Waals surface area contributed by atoms with Gasteiger partial charge in [-0.15, -0.1) is 0 Å². The summed E-state index contributed by atoms with van der Waals surface area (Å²) < 4.78 is 35.8. The smallest absolute Gasteiger partial charge is 0.269 e. The SMILES string of the molecule is COc1cc(C(C)=O)ccc1OCC(=O)Nc1ncc(S(=O)(=O)c2ccc([N+](=O)[O-])cc2)s1. The number of carbonyl (C=O) groups is 2. The molecule has 0 aliphatic carbocycles. The Morgan fingerprint density at radius 2 is 1.85 bits per heavy atom. The van der Waals surface area contributed by atoms with Crippen LogP contribution in [-0.4, -0.2) is 43.7 Å². The van der Waals surface area contributed by atoms with Gasteiger partial charge in [0.25, 0.3) is 11.6 Å². The predicted molar refractivity (Wildman–Crippen MR) is 118 cm³/mol. The molecule has 1 aromatic heterocycles. The van der Waals surface area contributed by atoms with Crippen LogP contribution in [0.2, 0.25) is 0 Å². The van der Waals surface area contributed by atoms with Gasteiger partial charge in [0, 0.05) is 17.7 Å². The molecule has 0 aliphatic heterocycles. The molecule has 1 heterocycles. The molecule has 1 N–H and O–H groups in total. The van der Waals surface area contributed by atoms with Crippen LogP contribution < -0.4 is 14.8 Å².